The highest BCUT2D eigenvalue weighted by atomic mass is 79.9. The largest absolute Gasteiger partial charge is 0.326 e. The summed E-state index contributed by atoms with van der Waals surface area (Å²) in [6.45, 7) is 1.76. The van der Waals surface area contributed by atoms with E-state index in [1.807, 2.05) is 24.3 Å². The number of amides is 2. The molecule has 7 heteroatoms. The van der Waals surface area contributed by atoms with Crippen molar-refractivity contribution in [2.75, 3.05) is 10.6 Å². The Balaban J connectivity index is 1.60. The van der Waals surface area contributed by atoms with E-state index in [0.717, 1.165) is 23.4 Å². The fraction of sp³-hybridized carbons (Fsp3) is 0.263. The minimum atomic E-state index is -0.491. The Morgan fingerprint density at radius 2 is 1.96 bits per heavy atom. The summed E-state index contributed by atoms with van der Waals surface area (Å²) in [7, 11) is 0. The highest BCUT2D eigenvalue weighted by molar-refractivity contribution is 9.10. The minimum absolute atomic E-state index is 0.0451. The number of carbonyl (C=O) groups is 2. The zero-order chi connectivity index (χ0) is 18.7. The Morgan fingerprint density at radius 3 is 2.65 bits per heavy atom. The molecule has 2 aromatic carbocycles. The van der Waals surface area contributed by atoms with Gasteiger partial charge in [0.25, 0.3) is 0 Å². The van der Waals surface area contributed by atoms with E-state index in [-0.39, 0.29) is 23.4 Å². The van der Waals surface area contributed by atoms with Crippen LogP contribution in [0.1, 0.15) is 19.8 Å². The van der Waals surface area contributed by atoms with Crippen molar-refractivity contribution in [1.29, 1.82) is 0 Å². The predicted molar refractivity (Wildman–Crippen MR) is 106 cm³/mol. The third kappa shape index (κ3) is 5.08. The number of nitrogens with one attached hydrogen (secondary N) is 2. The van der Waals surface area contributed by atoms with Crippen molar-refractivity contribution in [3.63, 3.8) is 0 Å². The van der Waals surface area contributed by atoms with Gasteiger partial charge in [-0.15, -0.1) is 11.8 Å². The summed E-state index contributed by atoms with van der Waals surface area (Å²) in [4.78, 5) is 25.0. The fourth-order valence-electron chi connectivity index (χ4n) is 2.32. The van der Waals surface area contributed by atoms with Crippen LogP contribution in [0.5, 0.6) is 0 Å². The van der Waals surface area contributed by atoms with Gasteiger partial charge in [0.05, 0.1) is 10.9 Å². The molecular weight excluding hydrogens is 419 g/mol. The summed E-state index contributed by atoms with van der Waals surface area (Å²) in [6.07, 6.45) is 1.90. The second kappa shape index (κ2) is 8.22. The Labute approximate surface area is 164 Å². The molecule has 1 fully saturated rings. The summed E-state index contributed by atoms with van der Waals surface area (Å²) in [5.74, 6) is -0.598. The summed E-state index contributed by atoms with van der Waals surface area (Å²) >= 11 is 4.54. The molecular formula is C19H18BrFN2O2S. The second-order valence-corrected chi connectivity index (χ2v) is 8.49. The van der Waals surface area contributed by atoms with Crippen molar-refractivity contribution in [3.05, 3.63) is 52.8 Å². The molecule has 1 unspecified atom stereocenters. The van der Waals surface area contributed by atoms with Crippen molar-refractivity contribution in [2.24, 2.45) is 5.92 Å². The highest BCUT2D eigenvalue weighted by Gasteiger charge is 2.29. The molecule has 2 amide bonds. The van der Waals surface area contributed by atoms with Gasteiger partial charge in [0.1, 0.15) is 5.82 Å². The fourth-order valence-corrected chi connectivity index (χ4v) is 3.58. The van der Waals surface area contributed by atoms with E-state index in [1.165, 1.54) is 23.9 Å². The van der Waals surface area contributed by atoms with E-state index in [2.05, 4.69) is 26.6 Å². The van der Waals surface area contributed by atoms with Gasteiger partial charge >= 0.3 is 0 Å². The van der Waals surface area contributed by atoms with Crippen LogP contribution in [0.4, 0.5) is 15.8 Å². The third-order valence-electron chi connectivity index (χ3n) is 3.92. The lowest BCUT2D eigenvalue weighted by Crippen LogP contribution is -2.23. The van der Waals surface area contributed by atoms with Crippen molar-refractivity contribution in [3.8, 4) is 0 Å². The van der Waals surface area contributed by atoms with Crippen LogP contribution < -0.4 is 10.6 Å². The zero-order valence-electron chi connectivity index (χ0n) is 14.1. The van der Waals surface area contributed by atoms with Crippen LogP contribution in [0.25, 0.3) is 0 Å². The van der Waals surface area contributed by atoms with Gasteiger partial charge in [0.2, 0.25) is 11.8 Å². The van der Waals surface area contributed by atoms with E-state index in [0.29, 0.717) is 4.47 Å². The van der Waals surface area contributed by atoms with Gasteiger partial charge in [-0.25, -0.2) is 4.39 Å². The molecule has 3 rings (SSSR count). The van der Waals surface area contributed by atoms with Gasteiger partial charge in [0, 0.05) is 21.0 Å². The smallest absolute Gasteiger partial charge is 0.237 e. The van der Waals surface area contributed by atoms with Crippen molar-refractivity contribution in [1.82, 2.24) is 0 Å². The molecule has 2 aromatic rings. The van der Waals surface area contributed by atoms with Gasteiger partial charge in [-0.3, -0.25) is 9.59 Å². The van der Waals surface area contributed by atoms with Gasteiger partial charge in [0.15, 0.2) is 0 Å². The van der Waals surface area contributed by atoms with E-state index < -0.39 is 11.1 Å². The number of hydrogen-bond donors (Lipinski definition) is 2. The van der Waals surface area contributed by atoms with Crippen LogP contribution >= 0.6 is 27.7 Å². The molecule has 136 valence electrons. The molecule has 1 aliphatic rings. The monoisotopic (exact) mass is 436 g/mol. The number of benzene rings is 2. The molecule has 2 N–H and O–H groups in total. The van der Waals surface area contributed by atoms with Crippen LogP contribution in [-0.2, 0) is 9.59 Å². The molecule has 0 saturated heterocycles. The summed E-state index contributed by atoms with van der Waals surface area (Å²) in [5.41, 5.74) is 0.870. The summed E-state index contributed by atoms with van der Waals surface area (Å²) in [5, 5.41) is 5.07. The molecule has 1 aliphatic carbocycles. The molecule has 1 atom stereocenters. The first-order chi connectivity index (χ1) is 12.4. The van der Waals surface area contributed by atoms with Crippen LogP contribution in [0.15, 0.2) is 51.8 Å². The van der Waals surface area contributed by atoms with Crippen LogP contribution in [0.2, 0.25) is 0 Å². The lowest BCUT2D eigenvalue weighted by Gasteiger charge is -2.13. The average molecular weight is 437 g/mol. The molecule has 0 bridgehead atoms. The summed E-state index contributed by atoms with van der Waals surface area (Å²) < 4.78 is 14.5. The lowest BCUT2D eigenvalue weighted by molar-refractivity contribution is -0.117. The van der Waals surface area contributed by atoms with Gasteiger partial charge in [-0.2, -0.15) is 0 Å². The van der Waals surface area contributed by atoms with Crippen molar-refractivity contribution < 1.29 is 14.0 Å². The molecule has 0 aliphatic heterocycles. The topological polar surface area (TPSA) is 58.2 Å². The molecule has 0 spiro atoms. The molecule has 4 nitrogen and oxygen atoms in total. The lowest BCUT2D eigenvalue weighted by atomic mass is 10.3. The molecule has 0 radical (unpaired) electrons. The van der Waals surface area contributed by atoms with Crippen molar-refractivity contribution >= 4 is 50.9 Å². The first-order valence-electron chi connectivity index (χ1n) is 8.26. The number of carbonyl (C=O) groups excluding carboxylic acids is 2. The van der Waals surface area contributed by atoms with Gasteiger partial charge in [-0.05, 0) is 56.2 Å². The van der Waals surface area contributed by atoms with Gasteiger partial charge in [-0.1, -0.05) is 22.0 Å². The minimum Gasteiger partial charge on any atom is -0.326 e. The highest BCUT2D eigenvalue weighted by Crippen LogP contribution is 2.31. The third-order valence-corrected chi connectivity index (χ3v) is 5.51. The normalized spacial score (nSPS) is 14.6. The van der Waals surface area contributed by atoms with Crippen LogP contribution in [-0.4, -0.2) is 17.1 Å². The molecule has 0 aromatic heterocycles. The standard InChI is InChI=1S/C19H18BrFN2O2S/c1-11(18(24)23-17-8-7-13(20)9-16(17)21)26-15-4-2-3-14(10-15)22-19(25)12-5-6-12/h2-4,7-12H,5-6H2,1H3,(H,22,25)(H,23,24). The van der Waals surface area contributed by atoms with E-state index in [9.17, 15) is 14.0 Å². The number of hydrogen-bond acceptors (Lipinski definition) is 3. The maximum atomic E-state index is 13.9. The number of anilines is 2. The van der Waals surface area contributed by atoms with E-state index in [4.69, 9.17) is 0 Å². The zero-order valence-corrected chi connectivity index (χ0v) is 16.5. The van der Waals surface area contributed by atoms with E-state index >= 15 is 0 Å². The molecule has 0 heterocycles. The maximum absolute atomic E-state index is 13.9. The SMILES string of the molecule is CC(Sc1cccc(NC(=O)C2CC2)c1)C(=O)Nc1ccc(Br)cc1F. The average Bonchev–Trinajstić information content (AvgIpc) is 3.42. The Hall–Kier alpha value is -1.86. The van der Waals surface area contributed by atoms with Crippen molar-refractivity contribution in [2.45, 2.75) is 29.9 Å². The Morgan fingerprint density at radius 1 is 1.19 bits per heavy atom. The Bertz CT molecular complexity index is 842. The van der Waals surface area contributed by atoms with Crippen LogP contribution in [0, 0.1) is 11.7 Å². The first-order valence-corrected chi connectivity index (χ1v) is 9.93. The first kappa shape index (κ1) is 18.9. The second-order valence-electron chi connectivity index (χ2n) is 6.16. The predicted octanol–water partition coefficient (Wildman–Crippen LogP) is 5.06. The van der Waals surface area contributed by atoms with E-state index in [1.54, 1.807) is 13.0 Å². The number of rotatable bonds is 6. The molecule has 1 saturated carbocycles. The molecule has 26 heavy (non-hydrogen) atoms. The Kier molecular flexibility index (Phi) is 5.98. The van der Waals surface area contributed by atoms with Gasteiger partial charge < -0.3 is 10.6 Å². The number of thioether (sulfide) groups is 1. The maximum Gasteiger partial charge on any atom is 0.237 e. The van der Waals surface area contributed by atoms with Crippen LogP contribution in [0.3, 0.4) is 0 Å². The summed E-state index contributed by atoms with van der Waals surface area (Å²) in [6, 6.07) is 11.9. The number of halogens is 2. The quantitative estimate of drug-likeness (QED) is 0.622.